The van der Waals surface area contributed by atoms with Crippen molar-refractivity contribution in [1.29, 1.82) is 0 Å². The zero-order valence-electron chi connectivity index (χ0n) is 24.9. The second-order valence-electron chi connectivity index (χ2n) is 11.7. The highest BCUT2D eigenvalue weighted by Gasteiger charge is 2.13. The molecule has 0 bridgehead atoms. The van der Waals surface area contributed by atoms with Gasteiger partial charge in [0.1, 0.15) is 5.78 Å². The molecular weight excluding hydrogens is 444 g/mol. The smallest absolute Gasteiger partial charge is 0.135 e. The SMILES string of the molecule is CCCCCCCCCCCCCCCCCCCCC[C@@H](O)C[C@H](O)CCCCC(C)C(=O)CC. The van der Waals surface area contributed by atoms with Crippen molar-refractivity contribution in [2.75, 3.05) is 0 Å². The van der Waals surface area contributed by atoms with E-state index in [4.69, 9.17) is 0 Å². The van der Waals surface area contributed by atoms with Crippen molar-refractivity contribution in [1.82, 2.24) is 0 Å². The third kappa shape index (κ3) is 25.2. The highest BCUT2D eigenvalue weighted by molar-refractivity contribution is 5.80. The molecular formula is C33H66O3. The average Bonchev–Trinajstić information content (AvgIpc) is 2.87. The maximum atomic E-state index is 11.6. The molecule has 3 heteroatoms. The molecule has 3 atom stereocenters. The van der Waals surface area contributed by atoms with Crippen LogP contribution < -0.4 is 0 Å². The predicted molar refractivity (Wildman–Crippen MR) is 158 cm³/mol. The number of carbonyl (C=O) groups excluding carboxylic acids is 1. The standard InChI is InChI=1S/C33H66O3/c1-4-6-7-8-9-10-11-12-13-14-15-16-17-18-19-20-21-22-23-27-31(34)29-32(35)28-25-24-26-30(3)33(36)5-2/h30-32,34-35H,4-29H2,1-3H3/t30?,31-,32-/m1/s1. The molecule has 0 fully saturated rings. The number of hydrogen-bond donors (Lipinski definition) is 2. The minimum atomic E-state index is -0.405. The van der Waals surface area contributed by atoms with Crippen molar-refractivity contribution in [2.45, 2.75) is 200 Å². The predicted octanol–water partition coefficient (Wildman–Crippen LogP) is 10.1. The Morgan fingerprint density at radius 2 is 0.806 bits per heavy atom. The van der Waals surface area contributed by atoms with E-state index in [1.807, 2.05) is 13.8 Å². The van der Waals surface area contributed by atoms with E-state index >= 15 is 0 Å². The first-order valence-corrected chi connectivity index (χ1v) is 16.4. The van der Waals surface area contributed by atoms with Gasteiger partial charge in [0.2, 0.25) is 0 Å². The van der Waals surface area contributed by atoms with Crippen molar-refractivity contribution in [3.05, 3.63) is 0 Å². The highest BCUT2D eigenvalue weighted by Crippen LogP contribution is 2.18. The summed E-state index contributed by atoms with van der Waals surface area (Å²) < 4.78 is 0. The maximum Gasteiger partial charge on any atom is 0.135 e. The second kappa shape index (κ2) is 27.6. The monoisotopic (exact) mass is 511 g/mol. The summed E-state index contributed by atoms with van der Waals surface area (Å²) in [7, 11) is 0. The van der Waals surface area contributed by atoms with Gasteiger partial charge in [-0.15, -0.1) is 0 Å². The van der Waals surface area contributed by atoms with Gasteiger partial charge in [0.25, 0.3) is 0 Å². The molecule has 3 nitrogen and oxygen atoms in total. The molecule has 0 aliphatic rings. The lowest BCUT2D eigenvalue weighted by Crippen LogP contribution is -2.17. The fraction of sp³-hybridized carbons (Fsp3) is 0.970. The highest BCUT2D eigenvalue weighted by atomic mass is 16.3. The van der Waals surface area contributed by atoms with E-state index in [0.717, 1.165) is 38.5 Å². The molecule has 0 aromatic rings. The minimum absolute atomic E-state index is 0.145. The summed E-state index contributed by atoms with van der Waals surface area (Å²) in [5, 5.41) is 20.4. The van der Waals surface area contributed by atoms with Crippen molar-refractivity contribution in [2.24, 2.45) is 5.92 Å². The van der Waals surface area contributed by atoms with E-state index in [2.05, 4.69) is 6.92 Å². The number of carbonyl (C=O) groups is 1. The summed E-state index contributed by atoms with van der Waals surface area (Å²) in [6.07, 6.45) is 31.0. The Bertz CT molecular complexity index is 450. The Kier molecular flexibility index (Phi) is 27.3. The number of aliphatic hydroxyl groups excluding tert-OH is 2. The average molecular weight is 511 g/mol. The van der Waals surface area contributed by atoms with Crippen LogP contribution in [0.25, 0.3) is 0 Å². The van der Waals surface area contributed by atoms with Crippen LogP contribution in [0.3, 0.4) is 0 Å². The van der Waals surface area contributed by atoms with Gasteiger partial charge in [-0.2, -0.15) is 0 Å². The Hall–Kier alpha value is -0.410. The maximum absolute atomic E-state index is 11.6. The molecule has 0 spiro atoms. The van der Waals surface area contributed by atoms with Crippen LogP contribution in [0.15, 0.2) is 0 Å². The van der Waals surface area contributed by atoms with Crippen molar-refractivity contribution < 1.29 is 15.0 Å². The molecule has 216 valence electrons. The largest absolute Gasteiger partial charge is 0.393 e. The summed E-state index contributed by atoms with van der Waals surface area (Å²) in [5.41, 5.74) is 0. The summed E-state index contributed by atoms with van der Waals surface area (Å²) >= 11 is 0. The lowest BCUT2D eigenvalue weighted by Gasteiger charge is -2.16. The molecule has 0 aromatic heterocycles. The molecule has 0 saturated heterocycles. The first-order chi connectivity index (χ1) is 17.5. The molecule has 0 aromatic carbocycles. The van der Waals surface area contributed by atoms with Crippen LogP contribution in [-0.4, -0.2) is 28.2 Å². The van der Waals surface area contributed by atoms with Crippen LogP contribution in [0.2, 0.25) is 0 Å². The first-order valence-electron chi connectivity index (χ1n) is 16.4. The van der Waals surface area contributed by atoms with Crippen molar-refractivity contribution in [3.63, 3.8) is 0 Å². The van der Waals surface area contributed by atoms with Gasteiger partial charge in [0, 0.05) is 12.3 Å². The Morgan fingerprint density at radius 1 is 0.500 bits per heavy atom. The van der Waals surface area contributed by atoms with Gasteiger partial charge in [-0.05, 0) is 25.7 Å². The summed E-state index contributed by atoms with van der Waals surface area (Å²) in [6.45, 7) is 6.22. The quantitative estimate of drug-likeness (QED) is 0.0984. The Labute approximate surface area is 226 Å². The third-order valence-electron chi connectivity index (χ3n) is 8.01. The van der Waals surface area contributed by atoms with Gasteiger partial charge in [-0.25, -0.2) is 0 Å². The molecule has 1 unspecified atom stereocenters. The zero-order chi connectivity index (χ0) is 26.7. The summed E-state index contributed by atoms with van der Waals surface area (Å²) in [4.78, 5) is 11.6. The number of rotatable bonds is 29. The van der Waals surface area contributed by atoms with Crippen LogP contribution >= 0.6 is 0 Å². The van der Waals surface area contributed by atoms with Crippen LogP contribution in [0, 0.1) is 5.92 Å². The zero-order valence-corrected chi connectivity index (χ0v) is 24.9. The topological polar surface area (TPSA) is 57.5 Å². The lowest BCUT2D eigenvalue weighted by molar-refractivity contribution is -0.122. The van der Waals surface area contributed by atoms with Gasteiger partial charge < -0.3 is 10.2 Å². The second-order valence-corrected chi connectivity index (χ2v) is 11.7. The van der Waals surface area contributed by atoms with E-state index in [1.54, 1.807) is 0 Å². The molecule has 0 saturated carbocycles. The lowest BCUT2D eigenvalue weighted by atomic mass is 9.95. The summed E-state index contributed by atoms with van der Waals surface area (Å²) in [6, 6.07) is 0. The van der Waals surface area contributed by atoms with E-state index in [0.29, 0.717) is 18.6 Å². The first kappa shape index (κ1) is 35.6. The molecule has 0 heterocycles. The van der Waals surface area contributed by atoms with E-state index in [1.165, 1.54) is 116 Å². The number of Topliss-reactive ketones (excluding diaryl/α,β-unsaturated/α-hetero) is 1. The Balaban J connectivity index is 3.31. The third-order valence-corrected chi connectivity index (χ3v) is 8.01. The van der Waals surface area contributed by atoms with Gasteiger partial charge >= 0.3 is 0 Å². The minimum Gasteiger partial charge on any atom is -0.393 e. The van der Waals surface area contributed by atoms with E-state index < -0.39 is 6.10 Å². The number of aliphatic hydroxyl groups is 2. The molecule has 0 aliphatic heterocycles. The fourth-order valence-electron chi connectivity index (χ4n) is 5.35. The molecule has 2 N–H and O–H groups in total. The fourth-order valence-corrected chi connectivity index (χ4v) is 5.35. The number of hydrogen-bond acceptors (Lipinski definition) is 3. The van der Waals surface area contributed by atoms with Gasteiger partial charge in [-0.1, -0.05) is 156 Å². The van der Waals surface area contributed by atoms with Gasteiger partial charge in [0.05, 0.1) is 12.2 Å². The van der Waals surface area contributed by atoms with Crippen LogP contribution in [0.4, 0.5) is 0 Å². The van der Waals surface area contributed by atoms with E-state index in [9.17, 15) is 15.0 Å². The number of ketones is 1. The normalized spacial score (nSPS) is 14.1. The molecule has 36 heavy (non-hydrogen) atoms. The van der Waals surface area contributed by atoms with Gasteiger partial charge in [-0.3, -0.25) is 4.79 Å². The molecule has 0 radical (unpaired) electrons. The number of unbranched alkanes of at least 4 members (excludes halogenated alkanes) is 19. The van der Waals surface area contributed by atoms with Crippen LogP contribution in [0.1, 0.15) is 188 Å². The van der Waals surface area contributed by atoms with Crippen molar-refractivity contribution >= 4 is 5.78 Å². The van der Waals surface area contributed by atoms with E-state index in [-0.39, 0.29) is 12.0 Å². The molecule has 0 aliphatic carbocycles. The molecule has 0 amide bonds. The summed E-state index contributed by atoms with van der Waals surface area (Å²) in [5.74, 6) is 0.484. The molecule has 0 rings (SSSR count). The van der Waals surface area contributed by atoms with Crippen LogP contribution in [0.5, 0.6) is 0 Å². The Morgan fingerprint density at radius 3 is 1.17 bits per heavy atom. The van der Waals surface area contributed by atoms with Crippen molar-refractivity contribution in [3.8, 4) is 0 Å². The van der Waals surface area contributed by atoms with Gasteiger partial charge in [0.15, 0.2) is 0 Å². The van der Waals surface area contributed by atoms with Crippen LogP contribution in [-0.2, 0) is 4.79 Å².